The van der Waals surface area contributed by atoms with Gasteiger partial charge in [0.15, 0.2) is 0 Å². The second-order valence-corrected chi connectivity index (χ2v) is 4.72. The Kier molecular flexibility index (Phi) is 5.35. The van der Waals surface area contributed by atoms with Gasteiger partial charge in [-0.15, -0.1) is 0 Å². The maximum Gasteiger partial charge on any atom is 0.306 e. The molecule has 110 valence electrons. The minimum absolute atomic E-state index is 0.0311. The summed E-state index contributed by atoms with van der Waals surface area (Å²) in [6, 6.07) is 17.0. The number of ether oxygens (including phenoxy) is 1. The molecule has 2 rings (SSSR count). The smallest absolute Gasteiger partial charge is 0.306 e. The maximum atomic E-state index is 11.2. The van der Waals surface area contributed by atoms with Crippen LogP contribution >= 0.6 is 0 Å². The number of carbonyl (C=O) groups is 1. The number of esters is 1. The lowest BCUT2D eigenvalue weighted by atomic mass is 9.98. The number of carbonyl (C=O) groups excluding carboxylic acids is 1. The average molecular weight is 285 g/mol. The molecule has 4 nitrogen and oxygen atoms in total. The fourth-order valence-electron chi connectivity index (χ4n) is 2.16. The Hall–Kier alpha value is -2.33. The number of rotatable bonds is 6. The van der Waals surface area contributed by atoms with E-state index in [0.717, 1.165) is 11.1 Å². The molecule has 0 bridgehead atoms. The molecule has 0 amide bonds. The fourth-order valence-corrected chi connectivity index (χ4v) is 2.16. The van der Waals surface area contributed by atoms with E-state index in [-0.39, 0.29) is 17.8 Å². The highest BCUT2D eigenvalue weighted by Gasteiger charge is 2.13. The van der Waals surface area contributed by atoms with Gasteiger partial charge in [-0.2, -0.15) is 0 Å². The van der Waals surface area contributed by atoms with Gasteiger partial charge >= 0.3 is 5.97 Å². The lowest BCUT2D eigenvalue weighted by Gasteiger charge is -2.19. The molecule has 0 aliphatic heterocycles. The Morgan fingerprint density at radius 1 is 1.10 bits per heavy atom. The topological polar surface area (TPSA) is 58.6 Å². The van der Waals surface area contributed by atoms with E-state index in [1.54, 1.807) is 12.1 Å². The van der Waals surface area contributed by atoms with Crippen LogP contribution in [0.3, 0.4) is 0 Å². The van der Waals surface area contributed by atoms with E-state index in [9.17, 15) is 9.90 Å². The lowest BCUT2D eigenvalue weighted by Crippen LogP contribution is -2.25. The van der Waals surface area contributed by atoms with Gasteiger partial charge in [0.25, 0.3) is 0 Å². The third-order valence-corrected chi connectivity index (χ3v) is 3.26. The molecule has 2 aromatic carbocycles. The number of benzene rings is 2. The van der Waals surface area contributed by atoms with Crippen molar-refractivity contribution in [3.8, 4) is 5.75 Å². The van der Waals surface area contributed by atoms with E-state index in [1.165, 1.54) is 7.11 Å². The zero-order chi connectivity index (χ0) is 15.1. The van der Waals surface area contributed by atoms with Crippen molar-refractivity contribution in [3.05, 3.63) is 65.7 Å². The first-order valence-electron chi connectivity index (χ1n) is 6.85. The van der Waals surface area contributed by atoms with Crippen LogP contribution in [0.1, 0.15) is 23.6 Å². The van der Waals surface area contributed by atoms with Gasteiger partial charge in [-0.1, -0.05) is 42.5 Å². The Morgan fingerprint density at radius 2 is 1.71 bits per heavy atom. The van der Waals surface area contributed by atoms with Gasteiger partial charge in [0.1, 0.15) is 5.75 Å². The zero-order valence-electron chi connectivity index (χ0n) is 12.0. The molecule has 0 aliphatic rings. The molecule has 0 saturated carbocycles. The Balaban J connectivity index is 2.15. The average Bonchev–Trinajstić information content (AvgIpc) is 2.53. The molecule has 2 aromatic rings. The van der Waals surface area contributed by atoms with Crippen LogP contribution in [-0.2, 0) is 9.53 Å². The van der Waals surface area contributed by atoms with Crippen molar-refractivity contribution in [2.24, 2.45) is 0 Å². The second-order valence-electron chi connectivity index (χ2n) is 4.72. The summed E-state index contributed by atoms with van der Waals surface area (Å²) in [5.41, 5.74) is 2.14. The van der Waals surface area contributed by atoms with Gasteiger partial charge in [0.05, 0.1) is 19.6 Å². The molecule has 0 spiro atoms. The first kappa shape index (κ1) is 15.1. The molecule has 21 heavy (non-hydrogen) atoms. The first-order valence-corrected chi connectivity index (χ1v) is 6.85. The van der Waals surface area contributed by atoms with Gasteiger partial charge < -0.3 is 15.2 Å². The van der Waals surface area contributed by atoms with Crippen molar-refractivity contribution in [2.45, 2.75) is 12.5 Å². The molecule has 1 unspecified atom stereocenters. The summed E-state index contributed by atoms with van der Waals surface area (Å²) in [6.07, 6.45) is 0.317. The predicted octanol–water partition coefficient (Wildman–Crippen LogP) is 2.63. The van der Waals surface area contributed by atoms with Gasteiger partial charge in [-0.05, 0) is 23.3 Å². The molecule has 4 heteroatoms. The lowest BCUT2D eigenvalue weighted by molar-refractivity contribution is -0.140. The van der Waals surface area contributed by atoms with Gasteiger partial charge in [0, 0.05) is 6.54 Å². The Labute approximate surface area is 124 Å². The Morgan fingerprint density at radius 3 is 2.33 bits per heavy atom. The number of phenolic OH excluding ortho intramolecular Hbond substituents is 1. The number of methoxy groups -OCH3 is 1. The van der Waals surface area contributed by atoms with Crippen LogP contribution in [-0.4, -0.2) is 24.7 Å². The molecule has 1 atom stereocenters. The van der Waals surface area contributed by atoms with Crippen LogP contribution in [0.15, 0.2) is 54.6 Å². The standard InChI is InChI=1S/C17H19NO3/c1-21-16(20)11-12-18-17(13-5-3-2-4-6-13)14-7-9-15(19)10-8-14/h2-10,17-19H,11-12H2,1H3. The summed E-state index contributed by atoms with van der Waals surface area (Å²) in [4.78, 5) is 11.2. The first-order chi connectivity index (χ1) is 10.2. The molecule has 0 fully saturated rings. The van der Waals surface area contributed by atoms with Crippen molar-refractivity contribution < 1.29 is 14.6 Å². The SMILES string of the molecule is COC(=O)CCNC(c1ccccc1)c1ccc(O)cc1. The van der Waals surface area contributed by atoms with Crippen molar-refractivity contribution in [2.75, 3.05) is 13.7 Å². The van der Waals surface area contributed by atoms with Gasteiger partial charge in [-0.3, -0.25) is 4.79 Å². The minimum atomic E-state index is -0.236. The van der Waals surface area contributed by atoms with E-state index in [4.69, 9.17) is 0 Å². The third-order valence-electron chi connectivity index (χ3n) is 3.26. The summed E-state index contributed by atoms with van der Waals surface area (Å²) in [7, 11) is 1.39. The predicted molar refractivity (Wildman–Crippen MR) is 81.0 cm³/mol. The van der Waals surface area contributed by atoms with E-state index in [1.807, 2.05) is 42.5 Å². The summed E-state index contributed by atoms with van der Waals surface area (Å²) in [5, 5.41) is 12.8. The van der Waals surface area contributed by atoms with Crippen LogP contribution in [0.25, 0.3) is 0 Å². The van der Waals surface area contributed by atoms with E-state index < -0.39 is 0 Å². The zero-order valence-corrected chi connectivity index (χ0v) is 12.0. The third kappa shape index (κ3) is 4.33. The number of hydrogen-bond acceptors (Lipinski definition) is 4. The molecule has 0 aromatic heterocycles. The molecule has 0 heterocycles. The normalized spacial score (nSPS) is 11.9. The fraction of sp³-hybridized carbons (Fsp3) is 0.235. The molecule has 2 N–H and O–H groups in total. The van der Waals surface area contributed by atoms with Crippen LogP contribution in [0.2, 0.25) is 0 Å². The number of aromatic hydroxyl groups is 1. The molecule has 0 saturated heterocycles. The molecular formula is C17H19NO3. The minimum Gasteiger partial charge on any atom is -0.508 e. The summed E-state index contributed by atoms with van der Waals surface area (Å²) < 4.78 is 4.65. The highest BCUT2D eigenvalue weighted by molar-refractivity contribution is 5.69. The molecule has 0 aliphatic carbocycles. The number of hydrogen-bond donors (Lipinski definition) is 2. The number of nitrogens with one attached hydrogen (secondary N) is 1. The quantitative estimate of drug-likeness (QED) is 0.801. The van der Waals surface area contributed by atoms with E-state index in [0.29, 0.717) is 13.0 Å². The van der Waals surface area contributed by atoms with Crippen molar-refractivity contribution in [1.29, 1.82) is 0 Å². The molecular weight excluding hydrogens is 266 g/mol. The van der Waals surface area contributed by atoms with Crippen molar-refractivity contribution >= 4 is 5.97 Å². The number of phenols is 1. The maximum absolute atomic E-state index is 11.2. The summed E-state index contributed by atoms with van der Waals surface area (Å²) >= 11 is 0. The highest BCUT2D eigenvalue weighted by Crippen LogP contribution is 2.23. The van der Waals surface area contributed by atoms with Crippen LogP contribution in [0, 0.1) is 0 Å². The Bertz CT molecular complexity index is 566. The van der Waals surface area contributed by atoms with E-state index in [2.05, 4.69) is 10.1 Å². The summed E-state index contributed by atoms with van der Waals surface area (Å²) in [6.45, 7) is 0.521. The largest absolute Gasteiger partial charge is 0.508 e. The second kappa shape index (κ2) is 7.45. The van der Waals surface area contributed by atoms with Crippen LogP contribution < -0.4 is 5.32 Å². The monoisotopic (exact) mass is 285 g/mol. The van der Waals surface area contributed by atoms with Crippen molar-refractivity contribution in [1.82, 2.24) is 5.32 Å². The van der Waals surface area contributed by atoms with Crippen LogP contribution in [0.5, 0.6) is 5.75 Å². The highest BCUT2D eigenvalue weighted by atomic mass is 16.5. The summed E-state index contributed by atoms with van der Waals surface area (Å²) in [5.74, 6) is 0.000130. The molecule has 0 radical (unpaired) electrons. The van der Waals surface area contributed by atoms with Crippen LogP contribution in [0.4, 0.5) is 0 Å². The van der Waals surface area contributed by atoms with Gasteiger partial charge in [-0.25, -0.2) is 0 Å². The van der Waals surface area contributed by atoms with Crippen molar-refractivity contribution in [3.63, 3.8) is 0 Å². The van der Waals surface area contributed by atoms with Gasteiger partial charge in [0.2, 0.25) is 0 Å². The van der Waals surface area contributed by atoms with E-state index >= 15 is 0 Å².